The van der Waals surface area contributed by atoms with Crippen LogP contribution >= 0.6 is 12.2 Å². The Hall–Kier alpha value is -0.710. The van der Waals surface area contributed by atoms with Crippen molar-refractivity contribution in [3.8, 4) is 0 Å². The van der Waals surface area contributed by atoms with Crippen LogP contribution in [0.2, 0.25) is 0 Å². The molecule has 0 saturated heterocycles. The van der Waals surface area contributed by atoms with Crippen molar-refractivity contribution in [2.45, 2.75) is 38.1 Å². The lowest BCUT2D eigenvalue weighted by Crippen LogP contribution is -2.14. The van der Waals surface area contributed by atoms with Gasteiger partial charge in [0.2, 0.25) is 4.77 Å². The Labute approximate surface area is 82.5 Å². The minimum atomic E-state index is 0.495. The van der Waals surface area contributed by atoms with Crippen molar-refractivity contribution in [1.82, 2.24) is 19.8 Å². The van der Waals surface area contributed by atoms with E-state index in [2.05, 4.69) is 10.4 Å². The van der Waals surface area contributed by atoms with Crippen molar-refractivity contribution in [3.63, 3.8) is 0 Å². The Morgan fingerprint density at radius 3 is 2.46 bits per heavy atom. The number of hydrogen-bond donors (Lipinski definition) is 0. The Balaban J connectivity index is 2.24. The van der Waals surface area contributed by atoms with E-state index in [1.54, 1.807) is 4.68 Å². The Morgan fingerprint density at radius 2 is 1.92 bits per heavy atom. The molecule has 4 nitrogen and oxygen atoms in total. The molecule has 13 heavy (non-hydrogen) atoms. The number of tetrazole rings is 1. The molecule has 1 aromatic heterocycles. The molecule has 0 radical (unpaired) electrons. The van der Waals surface area contributed by atoms with Gasteiger partial charge in [0.15, 0.2) is 0 Å². The van der Waals surface area contributed by atoms with E-state index in [1.165, 1.54) is 32.1 Å². The molecule has 5 heteroatoms. The second-order valence-electron chi connectivity index (χ2n) is 3.62. The van der Waals surface area contributed by atoms with Gasteiger partial charge >= 0.3 is 0 Å². The largest absolute Gasteiger partial charge is 0.222 e. The maximum atomic E-state index is 5.21. The van der Waals surface area contributed by atoms with E-state index < -0.39 is 0 Å². The molecule has 2 rings (SSSR count). The standard InChI is InChI=1S/C8H14N4S/c1-11-8(13)12(10-9-11)7-5-3-2-4-6-7/h7H,2-6H2,1H3. The van der Waals surface area contributed by atoms with Gasteiger partial charge in [-0.05, 0) is 35.5 Å². The van der Waals surface area contributed by atoms with E-state index in [1.807, 2.05) is 11.7 Å². The molecule has 0 amide bonds. The average molecular weight is 198 g/mol. The highest BCUT2D eigenvalue weighted by molar-refractivity contribution is 7.71. The second-order valence-corrected chi connectivity index (χ2v) is 3.99. The topological polar surface area (TPSA) is 35.6 Å². The smallest absolute Gasteiger partial charge is 0.215 e. The van der Waals surface area contributed by atoms with E-state index in [-0.39, 0.29) is 0 Å². The molecule has 0 aromatic carbocycles. The fourth-order valence-electron chi connectivity index (χ4n) is 1.88. The summed E-state index contributed by atoms with van der Waals surface area (Å²) < 4.78 is 4.30. The molecule has 0 unspecified atom stereocenters. The number of rotatable bonds is 1. The van der Waals surface area contributed by atoms with Gasteiger partial charge in [0, 0.05) is 7.05 Å². The van der Waals surface area contributed by atoms with Crippen molar-refractivity contribution < 1.29 is 0 Å². The molecule has 1 heterocycles. The lowest BCUT2D eigenvalue weighted by molar-refractivity contribution is 0.321. The first-order chi connectivity index (χ1) is 6.29. The molecule has 1 saturated carbocycles. The van der Waals surface area contributed by atoms with Crippen molar-refractivity contribution in [1.29, 1.82) is 0 Å². The first kappa shape index (κ1) is 8.87. The third kappa shape index (κ3) is 1.65. The first-order valence-electron chi connectivity index (χ1n) is 4.77. The summed E-state index contributed by atoms with van der Waals surface area (Å²) in [4.78, 5) is 0. The summed E-state index contributed by atoms with van der Waals surface area (Å²) in [7, 11) is 1.84. The zero-order valence-electron chi connectivity index (χ0n) is 7.81. The Bertz CT molecular complexity index is 334. The van der Waals surface area contributed by atoms with E-state index in [4.69, 9.17) is 12.2 Å². The summed E-state index contributed by atoms with van der Waals surface area (Å²) in [5, 5.41) is 7.98. The molecule has 72 valence electrons. The van der Waals surface area contributed by atoms with Gasteiger partial charge in [-0.25, -0.2) is 9.36 Å². The van der Waals surface area contributed by atoms with Crippen molar-refractivity contribution in [2.75, 3.05) is 0 Å². The summed E-state index contributed by atoms with van der Waals surface area (Å²) in [6, 6.07) is 0.495. The van der Waals surface area contributed by atoms with Crippen LogP contribution in [0.15, 0.2) is 0 Å². The van der Waals surface area contributed by atoms with E-state index in [9.17, 15) is 0 Å². The molecule has 0 N–H and O–H groups in total. The Morgan fingerprint density at radius 1 is 1.23 bits per heavy atom. The minimum Gasteiger partial charge on any atom is -0.222 e. The lowest BCUT2D eigenvalue weighted by Gasteiger charge is -2.20. The van der Waals surface area contributed by atoms with E-state index >= 15 is 0 Å². The van der Waals surface area contributed by atoms with Crippen molar-refractivity contribution in [3.05, 3.63) is 4.77 Å². The molecule has 1 aromatic rings. The summed E-state index contributed by atoms with van der Waals surface area (Å²) in [6.07, 6.45) is 6.34. The van der Waals surface area contributed by atoms with Crippen LogP contribution in [0.5, 0.6) is 0 Å². The normalized spacial score (nSPS) is 19.2. The van der Waals surface area contributed by atoms with Gasteiger partial charge in [0.05, 0.1) is 6.04 Å². The highest BCUT2D eigenvalue weighted by Crippen LogP contribution is 2.27. The van der Waals surface area contributed by atoms with Crippen LogP contribution in [-0.4, -0.2) is 19.8 Å². The van der Waals surface area contributed by atoms with Crippen LogP contribution in [0.3, 0.4) is 0 Å². The fourth-order valence-corrected chi connectivity index (χ4v) is 2.10. The predicted molar refractivity (Wildman–Crippen MR) is 51.9 cm³/mol. The average Bonchev–Trinajstić information content (AvgIpc) is 2.49. The number of nitrogens with zero attached hydrogens (tertiary/aromatic N) is 4. The highest BCUT2D eigenvalue weighted by atomic mass is 32.1. The van der Waals surface area contributed by atoms with Gasteiger partial charge in [-0.2, -0.15) is 0 Å². The molecule has 1 aliphatic rings. The van der Waals surface area contributed by atoms with Gasteiger partial charge in [-0.1, -0.05) is 19.3 Å². The van der Waals surface area contributed by atoms with E-state index in [0.717, 1.165) is 4.77 Å². The second kappa shape index (κ2) is 3.57. The molecule has 1 fully saturated rings. The molecule has 0 atom stereocenters. The van der Waals surface area contributed by atoms with Crippen LogP contribution in [0, 0.1) is 4.77 Å². The van der Waals surface area contributed by atoms with Crippen LogP contribution in [0.1, 0.15) is 38.1 Å². The van der Waals surface area contributed by atoms with Gasteiger partial charge in [0.1, 0.15) is 0 Å². The van der Waals surface area contributed by atoms with E-state index in [0.29, 0.717) is 6.04 Å². The Kier molecular flexibility index (Phi) is 2.44. The van der Waals surface area contributed by atoms with Gasteiger partial charge < -0.3 is 0 Å². The molecule has 0 spiro atoms. The zero-order chi connectivity index (χ0) is 9.26. The summed E-state index contributed by atoms with van der Waals surface area (Å²) in [6.45, 7) is 0. The molecule has 0 bridgehead atoms. The van der Waals surface area contributed by atoms with Crippen molar-refractivity contribution in [2.24, 2.45) is 7.05 Å². The third-order valence-electron chi connectivity index (χ3n) is 2.66. The monoisotopic (exact) mass is 198 g/mol. The molecule has 0 aliphatic heterocycles. The van der Waals surface area contributed by atoms with Crippen LogP contribution in [-0.2, 0) is 7.05 Å². The fraction of sp³-hybridized carbons (Fsp3) is 0.875. The highest BCUT2D eigenvalue weighted by Gasteiger charge is 2.17. The number of hydrogen-bond acceptors (Lipinski definition) is 3. The SMILES string of the molecule is Cn1nnn(C2CCCCC2)c1=S. The number of aromatic nitrogens is 4. The maximum absolute atomic E-state index is 5.21. The maximum Gasteiger partial charge on any atom is 0.215 e. The van der Waals surface area contributed by atoms with Crippen molar-refractivity contribution >= 4 is 12.2 Å². The summed E-state index contributed by atoms with van der Waals surface area (Å²) >= 11 is 5.21. The van der Waals surface area contributed by atoms with Crippen LogP contribution in [0.25, 0.3) is 0 Å². The lowest BCUT2D eigenvalue weighted by atomic mass is 9.96. The van der Waals surface area contributed by atoms with Gasteiger partial charge in [-0.3, -0.25) is 0 Å². The predicted octanol–water partition coefficient (Wildman–Crippen LogP) is 1.85. The molecule has 1 aliphatic carbocycles. The van der Waals surface area contributed by atoms with Gasteiger partial charge in [-0.15, -0.1) is 0 Å². The quantitative estimate of drug-likeness (QED) is 0.646. The minimum absolute atomic E-state index is 0.495. The zero-order valence-corrected chi connectivity index (χ0v) is 8.63. The van der Waals surface area contributed by atoms with Crippen LogP contribution < -0.4 is 0 Å². The first-order valence-corrected chi connectivity index (χ1v) is 5.18. The third-order valence-corrected chi connectivity index (χ3v) is 3.12. The molecular weight excluding hydrogens is 184 g/mol. The van der Waals surface area contributed by atoms with Gasteiger partial charge in [0.25, 0.3) is 0 Å². The summed E-state index contributed by atoms with van der Waals surface area (Å²) in [5.74, 6) is 0. The summed E-state index contributed by atoms with van der Waals surface area (Å²) in [5.41, 5.74) is 0. The molecular formula is C8H14N4S. The van der Waals surface area contributed by atoms with Crippen LogP contribution in [0.4, 0.5) is 0 Å². The number of aryl methyl sites for hydroxylation is 1.